The van der Waals surface area contributed by atoms with Gasteiger partial charge in [0.2, 0.25) is 0 Å². The molecule has 1 saturated heterocycles. The van der Waals surface area contributed by atoms with Crippen molar-refractivity contribution in [2.75, 3.05) is 19.6 Å². The zero-order valence-electron chi connectivity index (χ0n) is 12.3. The van der Waals surface area contributed by atoms with Gasteiger partial charge in [0.25, 0.3) is 5.91 Å². The lowest BCUT2D eigenvalue weighted by atomic mass is 9.82. The van der Waals surface area contributed by atoms with Gasteiger partial charge >= 0.3 is 0 Å². The highest BCUT2D eigenvalue weighted by Crippen LogP contribution is 2.36. The fraction of sp³-hybridized carbons (Fsp3) is 0.769. The van der Waals surface area contributed by atoms with Crippen LogP contribution in [0.25, 0.3) is 0 Å². The van der Waals surface area contributed by atoms with Crippen LogP contribution in [-0.2, 0) is 6.54 Å². The number of nitrogens with two attached hydrogens (primary N) is 1. The molecule has 0 unspecified atom stereocenters. The number of nitrogen functional groups attached to an aromatic ring is 1. The Morgan fingerprint density at radius 2 is 2.20 bits per heavy atom. The number of aromatic nitrogens is 3. The fourth-order valence-corrected chi connectivity index (χ4v) is 2.88. The maximum Gasteiger partial charge on any atom is 0.287 e. The summed E-state index contributed by atoms with van der Waals surface area (Å²) < 4.78 is 1.70. The Hall–Kier alpha value is -1.47. The van der Waals surface area contributed by atoms with Crippen molar-refractivity contribution in [1.82, 2.24) is 25.3 Å². The summed E-state index contributed by atoms with van der Waals surface area (Å²) >= 11 is 0. The molecule has 0 saturated carbocycles. The average molecular weight is 280 g/mol. The first-order valence-electron chi connectivity index (χ1n) is 7.26. The molecule has 2 rings (SSSR count). The number of likely N-dealkylation sites (tertiary alicyclic amines) is 1. The number of rotatable bonds is 6. The van der Waals surface area contributed by atoms with Crippen molar-refractivity contribution in [1.29, 1.82) is 0 Å². The van der Waals surface area contributed by atoms with Gasteiger partial charge in [-0.2, -0.15) is 0 Å². The minimum Gasteiger partial charge on any atom is -0.301 e. The molecule has 7 heteroatoms. The maximum absolute atomic E-state index is 11.3. The van der Waals surface area contributed by atoms with E-state index < -0.39 is 5.91 Å². The van der Waals surface area contributed by atoms with Crippen LogP contribution in [0.2, 0.25) is 0 Å². The molecular weight excluding hydrogens is 256 g/mol. The van der Waals surface area contributed by atoms with E-state index in [1.54, 1.807) is 10.9 Å². The third-order valence-electron chi connectivity index (χ3n) is 4.57. The molecule has 0 atom stereocenters. The highest BCUT2D eigenvalue weighted by atomic mass is 16.2. The Balaban J connectivity index is 1.84. The Bertz CT molecular complexity index is 453. The summed E-state index contributed by atoms with van der Waals surface area (Å²) in [6, 6.07) is 0. The molecule has 112 valence electrons. The lowest BCUT2D eigenvalue weighted by molar-refractivity contribution is 0.0948. The molecule has 1 aliphatic heterocycles. The lowest BCUT2D eigenvalue weighted by Gasteiger charge is -2.26. The van der Waals surface area contributed by atoms with Gasteiger partial charge in [-0.3, -0.25) is 14.9 Å². The molecule has 20 heavy (non-hydrogen) atoms. The van der Waals surface area contributed by atoms with E-state index in [9.17, 15) is 4.79 Å². The van der Waals surface area contributed by atoms with Crippen LogP contribution in [0.5, 0.6) is 0 Å². The molecule has 1 aromatic heterocycles. The quantitative estimate of drug-likeness (QED) is 0.447. The van der Waals surface area contributed by atoms with Gasteiger partial charge < -0.3 is 4.90 Å². The second-order valence-corrected chi connectivity index (χ2v) is 5.57. The minimum absolute atomic E-state index is 0.255. The first-order valence-corrected chi connectivity index (χ1v) is 7.26. The second-order valence-electron chi connectivity index (χ2n) is 5.57. The molecule has 1 aliphatic rings. The standard InChI is InChI=1S/C13H24N6O/c1-3-13(4-2)5-6-18(10-13)7-8-19-9-11(16-17-19)12(20)15-14/h9H,3-8,10,14H2,1-2H3,(H,15,20). The number of carbonyl (C=O) groups excluding carboxylic acids is 1. The number of hydrogen-bond acceptors (Lipinski definition) is 5. The minimum atomic E-state index is -0.409. The van der Waals surface area contributed by atoms with Gasteiger partial charge in [-0.05, 0) is 31.2 Å². The third-order valence-corrected chi connectivity index (χ3v) is 4.57. The lowest BCUT2D eigenvalue weighted by Crippen LogP contribution is -2.30. The van der Waals surface area contributed by atoms with E-state index >= 15 is 0 Å². The van der Waals surface area contributed by atoms with E-state index in [2.05, 4.69) is 34.5 Å². The van der Waals surface area contributed by atoms with Gasteiger partial charge in [-0.1, -0.05) is 19.1 Å². The normalized spacial score (nSPS) is 18.4. The molecule has 7 nitrogen and oxygen atoms in total. The molecule has 1 aromatic rings. The van der Waals surface area contributed by atoms with Crippen molar-refractivity contribution in [3.8, 4) is 0 Å². The van der Waals surface area contributed by atoms with Crippen LogP contribution in [0.15, 0.2) is 6.20 Å². The van der Waals surface area contributed by atoms with Gasteiger partial charge in [0.15, 0.2) is 5.69 Å². The average Bonchev–Trinajstić information content (AvgIpc) is 3.11. The van der Waals surface area contributed by atoms with Gasteiger partial charge in [0, 0.05) is 13.1 Å². The van der Waals surface area contributed by atoms with Gasteiger partial charge in [0.05, 0.1) is 12.7 Å². The van der Waals surface area contributed by atoms with Crippen molar-refractivity contribution in [3.63, 3.8) is 0 Å². The number of amides is 1. The van der Waals surface area contributed by atoms with Gasteiger partial charge in [-0.15, -0.1) is 5.10 Å². The largest absolute Gasteiger partial charge is 0.301 e. The second kappa shape index (κ2) is 6.32. The van der Waals surface area contributed by atoms with Crippen LogP contribution in [0.1, 0.15) is 43.6 Å². The monoisotopic (exact) mass is 280 g/mol. The first kappa shape index (κ1) is 14.9. The van der Waals surface area contributed by atoms with Crippen LogP contribution >= 0.6 is 0 Å². The van der Waals surface area contributed by atoms with Crippen molar-refractivity contribution >= 4 is 5.91 Å². The van der Waals surface area contributed by atoms with Gasteiger partial charge in [-0.25, -0.2) is 5.84 Å². The zero-order chi connectivity index (χ0) is 14.6. The summed E-state index contributed by atoms with van der Waals surface area (Å²) in [5.41, 5.74) is 2.80. The molecule has 1 amide bonds. The third kappa shape index (κ3) is 3.16. The van der Waals surface area contributed by atoms with Crippen molar-refractivity contribution < 1.29 is 4.79 Å². The van der Waals surface area contributed by atoms with Crippen molar-refractivity contribution in [2.45, 2.75) is 39.7 Å². The van der Waals surface area contributed by atoms with E-state index in [-0.39, 0.29) is 5.69 Å². The summed E-state index contributed by atoms with van der Waals surface area (Å²) in [4.78, 5) is 13.8. The van der Waals surface area contributed by atoms with Crippen LogP contribution in [0, 0.1) is 5.41 Å². The SMILES string of the molecule is CCC1(CC)CCN(CCn2cc(C(=O)NN)nn2)C1. The summed E-state index contributed by atoms with van der Waals surface area (Å²) in [7, 11) is 0. The van der Waals surface area contributed by atoms with E-state index in [1.165, 1.54) is 19.3 Å². The highest BCUT2D eigenvalue weighted by Gasteiger charge is 2.34. The molecule has 0 aromatic carbocycles. The van der Waals surface area contributed by atoms with E-state index in [0.717, 1.165) is 26.2 Å². The van der Waals surface area contributed by atoms with Crippen LogP contribution in [-0.4, -0.2) is 45.4 Å². The van der Waals surface area contributed by atoms with Crippen LogP contribution in [0.3, 0.4) is 0 Å². The summed E-state index contributed by atoms with van der Waals surface area (Å²) in [5.74, 6) is 4.65. The van der Waals surface area contributed by atoms with E-state index in [1.807, 2.05) is 0 Å². The zero-order valence-corrected chi connectivity index (χ0v) is 12.3. The molecule has 0 spiro atoms. The molecular formula is C13H24N6O. The van der Waals surface area contributed by atoms with E-state index in [0.29, 0.717) is 5.41 Å². The predicted molar refractivity (Wildman–Crippen MR) is 75.7 cm³/mol. The Labute approximate surface area is 119 Å². The predicted octanol–water partition coefficient (Wildman–Crippen LogP) is 0.394. The first-order chi connectivity index (χ1) is 9.62. The number of nitrogens with one attached hydrogen (secondary N) is 1. The molecule has 0 aliphatic carbocycles. The summed E-state index contributed by atoms with van der Waals surface area (Å²) in [6.07, 6.45) is 5.39. The van der Waals surface area contributed by atoms with Crippen LogP contribution in [0.4, 0.5) is 0 Å². The molecule has 0 bridgehead atoms. The smallest absolute Gasteiger partial charge is 0.287 e. The highest BCUT2D eigenvalue weighted by molar-refractivity contribution is 5.91. The Morgan fingerprint density at radius 3 is 2.80 bits per heavy atom. The van der Waals surface area contributed by atoms with Gasteiger partial charge in [0.1, 0.15) is 0 Å². The number of nitrogens with zero attached hydrogens (tertiary/aromatic N) is 4. The number of hydrazine groups is 1. The number of hydrogen-bond donors (Lipinski definition) is 2. The molecule has 1 fully saturated rings. The maximum atomic E-state index is 11.3. The Morgan fingerprint density at radius 1 is 1.45 bits per heavy atom. The molecule has 3 N–H and O–H groups in total. The van der Waals surface area contributed by atoms with E-state index in [4.69, 9.17) is 5.84 Å². The van der Waals surface area contributed by atoms with Crippen molar-refractivity contribution in [2.24, 2.45) is 11.3 Å². The number of carbonyl (C=O) groups is 1. The fourth-order valence-electron chi connectivity index (χ4n) is 2.88. The molecule has 2 heterocycles. The van der Waals surface area contributed by atoms with Crippen LogP contribution < -0.4 is 11.3 Å². The summed E-state index contributed by atoms with van der Waals surface area (Å²) in [6.45, 7) is 8.55. The summed E-state index contributed by atoms with van der Waals surface area (Å²) in [5, 5.41) is 7.74. The topological polar surface area (TPSA) is 89.1 Å². The van der Waals surface area contributed by atoms with Crippen molar-refractivity contribution in [3.05, 3.63) is 11.9 Å². The molecule has 0 radical (unpaired) electrons. The Kier molecular flexibility index (Phi) is 4.72.